The molecular weight excluding hydrogens is 279 g/mol. The molecule has 5 heteroatoms. The van der Waals surface area contributed by atoms with E-state index in [1.165, 1.54) is 18.2 Å². The zero-order chi connectivity index (χ0) is 15.2. The second kappa shape index (κ2) is 6.82. The molecule has 21 heavy (non-hydrogen) atoms. The number of hydrogen-bond acceptors (Lipinski definition) is 2. The highest BCUT2D eigenvalue weighted by Gasteiger charge is 2.06. The van der Waals surface area contributed by atoms with Gasteiger partial charge in [-0.3, -0.25) is 0 Å². The smallest absolute Gasteiger partial charge is 0.165 e. The van der Waals surface area contributed by atoms with Crippen LogP contribution in [-0.4, -0.2) is 6.54 Å². The molecule has 0 aliphatic rings. The molecule has 0 bridgehead atoms. The Hall–Kier alpha value is -2.45. The van der Waals surface area contributed by atoms with Crippen molar-refractivity contribution in [3.05, 3.63) is 65.0 Å². The number of halogens is 3. The monoisotopic (exact) mass is 291 g/mol. The molecule has 0 aliphatic carbocycles. The number of rotatable bonds is 3. The summed E-state index contributed by atoms with van der Waals surface area (Å²) in [6.45, 7) is 0.0372. The lowest BCUT2D eigenvalue weighted by Crippen LogP contribution is -1.99. The number of ether oxygens (including phenoxy) is 1. The van der Waals surface area contributed by atoms with Gasteiger partial charge in [-0.2, -0.15) is 0 Å². The first kappa shape index (κ1) is 14.9. The second-order valence-corrected chi connectivity index (χ2v) is 4.22. The summed E-state index contributed by atoms with van der Waals surface area (Å²) in [4.78, 5) is 0. The van der Waals surface area contributed by atoms with Gasteiger partial charge in [0.05, 0.1) is 6.54 Å². The standard InChI is InChI=1S/C16H12F3NO/c17-13-6-12(7-14(18)9-13)10-21-16-8-11(2-1-5-20)3-4-15(16)19/h3-4,6-9H,5,10,20H2. The molecule has 108 valence electrons. The lowest BCUT2D eigenvalue weighted by molar-refractivity contribution is 0.289. The van der Waals surface area contributed by atoms with E-state index in [-0.39, 0.29) is 24.5 Å². The fourth-order valence-corrected chi connectivity index (χ4v) is 1.70. The third-order valence-corrected chi connectivity index (χ3v) is 2.58. The summed E-state index contributed by atoms with van der Waals surface area (Å²) < 4.78 is 44.9. The van der Waals surface area contributed by atoms with Crippen molar-refractivity contribution in [2.45, 2.75) is 6.61 Å². The van der Waals surface area contributed by atoms with E-state index in [9.17, 15) is 13.2 Å². The Morgan fingerprint density at radius 3 is 2.38 bits per heavy atom. The van der Waals surface area contributed by atoms with Gasteiger partial charge in [0, 0.05) is 11.6 Å². The molecule has 2 rings (SSSR count). The van der Waals surface area contributed by atoms with Gasteiger partial charge in [-0.25, -0.2) is 13.2 Å². The van der Waals surface area contributed by atoms with Crippen LogP contribution >= 0.6 is 0 Å². The first-order chi connectivity index (χ1) is 10.1. The van der Waals surface area contributed by atoms with E-state index in [2.05, 4.69) is 11.8 Å². The summed E-state index contributed by atoms with van der Waals surface area (Å²) in [6, 6.07) is 7.12. The molecule has 0 aliphatic heterocycles. The van der Waals surface area contributed by atoms with E-state index in [0.717, 1.165) is 18.2 Å². The van der Waals surface area contributed by atoms with Crippen LogP contribution in [-0.2, 0) is 6.61 Å². The van der Waals surface area contributed by atoms with Crippen molar-refractivity contribution in [1.29, 1.82) is 0 Å². The lowest BCUT2D eigenvalue weighted by Gasteiger charge is -2.08. The van der Waals surface area contributed by atoms with Crippen LogP contribution in [0.4, 0.5) is 13.2 Å². The van der Waals surface area contributed by atoms with Crippen LogP contribution in [0.3, 0.4) is 0 Å². The Kier molecular flexibility index (Phi) is 4.85. The summed E-state index contributed by atoms with van der Waals surface area (Å²) in [5, 5.41) is 0. The summed E-state index contributed by atoms with van der Waals surface area (Å²) in [6.07, 6.45) is 0. The molecule has 0 heterocycles. The highest BCUT2D eigenvalue weighted by Crippen LogP contribution is 2.20. The Morgan fingerprint density at radius 2 is 1.71 bits per heavy atom. The molecule has 0 spiro atoms. The van der Waals surface area contributed by atoms with Crippen LogP contribution in [0.5, 0.6) is 5.75 Å². The molecule has 2 aromatic rings. The Bertz CT molecular complexity index is 684. The van der Waals surface area contributed by atoms with Gasteiger partial charge in [0.2, 0.25) is 0 Å². The van der Waals surface area contributed by atoms with Crippen molar-refractivity contribution in [2.75, 3.05) is 6.54 Å². The average Bonchev–Trinajstić information content (AvgIpc) is 2.44. The maximum absolute atomic E-state index is 13.6. The Morgan fingerprint density at radius 1 is 1.00 bits per heavy atom. The highest BCUT2D eigenvalue weighted by atomic mass is 19.1. The molecule has 0 saturated carbocycles. The van der Waals surface area contributed by atoms with Crippen LogP contribution in [0.2, 0.25) is 0 Å². The van der Waals surface area contributed by atoms with Crippen LogP contribution in [0.15, 0.2) is 36.4 Å². The minimum Gasteiger partial charge on any atom is -0.486 e. The normalized spacial score (nSPS) is 9.90. The Balaban J connectivity index is 2.15. The van der Waals surface area contributed by atoms with Gasteiger partial charge in [0.25, 0.3) is 0 Å². The maximum atomic E-state index is 13.6. The summed E-state index contributed by atoms with van der Waals surface area (Å²) >= 11 is 0. The van der Waals surface area contributed by atoms with Gasteiger partial charge in [0.1, 0.15) is 18.2 Å². The largest absolute Gasteiger partial charge is 0.486 e. The van der Waals surface area contributed by atoms with E-state index in [4.69, 9.17) is 10.5 Å². The molecule has 0 fully saturated rings. The summed E-state index contributed by atoms with van der Waals surface area (Å²) in [5.41, 5.74) is 6.07. The topological polar surface area (TPSA) is 35.2 Å². The lowest BCUT2D eigenvalue weighted by atomic mass is 10.2. The van der Waals surface area contributed by atoms with Crippen molar-refractivity contribution >= 4 is 0 Å². The number of hydrogen-bond donors (Lipinski definition) is 1. The Labute approximate surface area is 120 Å². The van der Waals surface area contributed by atoms with Gasteiger partial charge >= 0.3 is 0 Å². The average molecular weight is 291 g/mol. The second-order valence-electron chi connectivity index (χ2n) is 4.22. The fourth-order valence-electron chi connectivity index (χ4n) is 1.70. The fraction of sp³-hybridized carbons (Fsp3) is 0.125. The molecule has 2 N–H and O–H groups in total. The molecule has 0 amide bonds. The first-order valence-corrected chi connectivity index (χ1v) is 6.15. The predicted octanol–water partition coefficient (Wildman–Crippen LogP) is 2.99. The zero-order valence-corrected chi connectivity index (χ0v) is 11.0. The third-order valence-electron chi connectivity index (χ3n) is 2.58. The molecule has 2 nitrogen and oxygen atoms in total. The number of benzene rings is 2. The highest BCUT2D eigenvalue weighted by molar-refractivity contribution is 5.40. The SMILES string of the molecule is NCC#Cc1ccc(F)c(OCc2cc(F)cc(F)c2)c1. The van der Waals surface area contributed by atoms with Crippen molar-refractivity contribution < 1.29 is 17.9 Å². The molecule has 0 saturated heterocycles. The van der Waals surface area contributed by atoms with Gasteiger partial charge in [-0.1, -0.05) is 11.8 Å². The van der Waals surface area contributed by atoms with E-state index in [1.54, 1.807) is 0 Å². The van der Waals surface area contributed by atoms with E-state index < -0.39 is 17.5 Å². The van der Waals surface area contributed by atoms with Crippen LogP contribution < -0.4 is 10.5 Å². The van der Waals surface area contributed by atoms with Crippen LogP contribution in [0.25, 0.3) is 0 Å². The molecule has 0 atom stereocenters. The third kappa shape index (κ3) is 4.26. The van der Waals surface area contributed by atoms with Crippen LogP contribution in [0, 0.1) is 29.3 Å². The quantitative estimate of drug-likeness (QED) is 0.882. The van der Waals surface area contributed by atoms with Crippen molar-refractivity contribution in [1.82, 2.24) is 0 Å². The van der Waals surface area contributed by atoms with Gasteiger partial charge < -0.3 is 10.5 Å². The van der Waals surface area contributed by atoms with Crippen molar-refractivity contribution in [3.63, 3.8) is 0 Å². The van der Waals surface area contributed by atoms with Crippen molar-refractivity contribution in [3.8, 4) is 17.6 Å². The summed E-state index contributed by atoms with van der Waals surface area (Å²) in [5.74, 6) is 3.35. The minimum atomic E-state index is -0.711. The first-order valence-electron chi connectivity index (χ1n) is 6.15. The molecule has 0 radical (unpaired) electrons. The van der Waals surface area contributed by atoms with Gasteiger partial charge in [-0.05, 0) is 35.9 Å². The van der Waals surface area contributed by atoms with E-state index >= 15 is 0 Å². The minimum absolute atomic E-state index is 0.0384. The summed E-state index contributed by atoms with van der Waals surface area (Å²) in [7, 11) is 0. The predicted molar refractivity (Wildman–Crippen MR) is 73.0 cm³/mol. The van der Waals surface area contributed by atoms with Crippen molar-refractivity contribution in [2.24, 2.45) is 5.73 Å². The molecular formula is C16H12F3NO. The number of nitrogens with two attached hydrogens (primary N) is 1. The molecule has 2 aromatic carbocycles. The van der Waals surface area contributed by atoms with E-state index in [1.807, 2.05) is 0 Å². The van der Waals surface area contributed by atoms with Gasteiger partial charge in [0.15, 0.2) is 11.6 Å². The zero-order valence-electron chi connectivity index (χ0n) is 11.0. The van der Waals surface area contributed by atoms with Gasteiger partial charge in [-0.15, -0.1) is 0 Å². The van der Waals surface area contributed by atoms with Crippen LogP contribution in [0.1, 0.15) is 11.1 Å². The molecule has 0 aromatic heterocycles. The van der Waals surface area contributed by atoms with E-state index in [0.29, 0.717) is 5.56 Å². The molecule has 0 unspecified atom stereocenters. The maximum Gasteiger partial charge on any atom is 0.165 e.